The van der Waals surface area contributed by atoms with E-state index in [0.717, 1.165) is 4.31 Å². The van der Waals surface area contributed by atoms with Gasteiger partial charge < -0.3 is 25.6 Å². The minimum Gasteiger partial charge on any atom is -0.495 e. The largest absolute Gasteiger partial charge is 0.495 e. The van der Waals surface area contributed by atoms with Gasteiger partial charge in [0.25, 0.3) is 17.2 Å². The van der Waals surface area contributed by atoms with E-state index in [2.05, 4.69) is 42.5 Å². The molecule has 1 aromatic carbocycles. The summed E-state index contributed by atoms with van der Waals surface area (Å²) in [6.07, 6.45) is 0.148. The van der Waals surface area contributed by atoms with Crippen molar-refractivity contribution in [2.24, 2.45) is 0 Å². The van der Waals surface area contributed by atoms with Crippen LogP contribution in [0.25, 0.3) is 0 Å². The van der Waals surface area contributed by atoms with Crippen molar-refractivity contribution in [2.75, 3.05) is 42.2 Å². The van der Waals surface area contributed by atoms with E-state index in [0.29, 0.717) is 25.7 Å². The van der Waals surface area contributed by atoms with Gasteiger partial charge in [0.2, 0.25) is 11.9 Å². The Morgan fingerprint density at radius 2 is 2.02 bits per heavy atom. The molecule has 3 heterocycles. The summed E-state index contributed by atoms with van der Waals surface area (Å²) in [6, 6.07) is 4.17. The molecule has 234 valence electrons. The van der Waals surface area contributed by atoms with Crippen LogP contribution in [0.3, 0.4) is 0 Å². The van der Waals surface area contributed by atoms with Gasteiger partial charge in [-0.15, -0.1) is 0 Å². The number of carbonyl (C=O) groups excluding carboxylic acids is 2. The van der Waals surface area contributed by atoms with Crippen LogP contribution >= 0.6 is 0 Å². The number of aromatic nitrogens is 4. The Kier molecular flexibility index (Phi) is 9.94. The van der Waals surface area contributed by atoms with Crippen LogP contribution in [-0.2, 0) is 28.8 Å². The number of ether oxygens (including phenoxy) is 1. The van der Waals surface area contributed by atoms with Gasteiger partial charge in [-0.25, -0.2) is 14.2 Å². The van der Waals surface area contributed by atoms with E-state index in [1.807, 2.05) is 0 Å². The molecule has 0 bridgehead atoms. The standard InChI is InChI=1S/C26H28F3N9O5S/c1-4-21(39)38-10-7-16(14-38)34-24(40)15-5-6-18(20(11-15)43-3)35-25-33-12-17(26(27,28)29)22(36-25)32-13-19-23(31-9-8-30-19)37(2)44(41)42/h4-6,8-9,11-12,16H,1,7,10,13-14H2,2-3H3,(H,34,40)(H,41,42)(H2,32,33,35,36). The van der Waals surface area contributed by atoms with Crippen LogP contribution in [-0.4, -0.2) is 78.7 Å². The molecule has 0 aliphatic carbocycles. The second-order valence-electron chi connectivity index (χ2n) is 9.35. The summed E-state index contributed by atoms with van der Waals surface area (Å²) in [5.41, 5.74) is -0.551. The van der Waals surface area contributed by atoms with Crippen molar-refractivity contribution in [2.45, 2.75) is 25.2 Å². The van der Waals surface area contributed by atoms with E-state index in [1.165, 1.54) is 50.8 Å². The van der Waals surface area contributed by atoms with Gasteiger partial charge in [-0.2, -0.15) is 18.2 Å². The SMILES string of the molecule is C=CC(=O)N1CCC(NC(=O)c2ccc(Nc3ncc(C(F)(F)F)c(NCc4nccnc4N(C)S(=O)O)n3)c(OC)c2)C1. The van der Waals surface area contributed by atoms with Crippen LogP contribution < -0.4 is 25.0 Å². The number of methoxy groups -OCH3 is 1. The summed E-state index contributed by atoms with van der Waals surface area (Å²) in [5.74, 6) is -1.25. The fourth-order valence-electron chi connectivity index (χ4n) is 4.31. The molecule has 2 atom stereocenters. The lowest BCUT2D eigenvalue weighted by Crippen LogP contribution is -2.38. The first-order chi connectivity index (χ1) is 20.9. The zero-order valence-electron chi connectivity index (χ0n) is 23.5. The van der Waals surface area contributed by atoms with Crippen molar-refractivity contribution in [3.8, 4) is 5.75 Å². The van der Waals surface area contributed by atoms with Gasteiger partial charge in [-0.3, -0.25) is 23.4 Å². The molecule has 44 heavy (non-hydrogen) atoms. The molecular formula is C26H28F3N9O5S. The Bertz CT molecular complexity index is 1580. The van der Waals surface area contributed by atoms with Crippen molar-refractivity contribution in [3.05, 3.63) is 66.3 Å². The Balaban J connectivity index is 1.52. The number of anilines is 4. The number of hydrogen-bond donors (Lipinski definition) is 4. The summed E-state index contributed by atoms with van der Waals surface area (Å²) >= 11 is -2.44. The lowest BCUT2D eigenvalue weighted by atomic mass is 10.1. The Hall–Kier alpha value is -4.84. The number of amides is 2. The van der Waals surface area contributed by atoms with Gasteiger partial charge in [0.1, 0.15) is 22.8 Å². The summed E-state index contributed by atoms with van der Waals surface area (Å²) in [4.78, 5) is 42.1. The summed E-state index contributed by atoms with van der Waals surface area (Å²) in [7, 11) is 2.63. The van der Waals surface area contributed by atoms with Gasteiger partial charge in [0, 0.05) is 50.3 Å². The molecule has 1 saturated heterocycles. The molecule has 2 amide bonds. The second-order valence-corrected chi connectivity index (χ2v) is 10.4. The molecule has 14 nitrogen and oxygen atoms in total. The first kappa shape index (κ1) is 32.1. The van der Waals surface area contributed by atoms with Gasteiger partial charge in [-0.05, 0) is 30.7 Å². The maximum atomic E-state index is 13.8. The van der Waals surface area contributed by atoms with Crippen molar-refractivity contribution < 1.29 is 36.3 Å². The van der Waals surface area contributed by atoms with Crippen molar-refractivity contribution in [3.63, 3.8) is 0 Å². The van der Waals surface area contributed by atoms with E-state index in [9.17, 15) is 31.5 Å². The maximum Gasteiger partial charge on any atom is 0.421 e. The number of rotatable bonds is 11. The van der Waals surface area contributed by atoms with Gasteiger partial charge in [0.15, 0.2) is 5.82 Å². The second kappa shape index (κ2) is 13.6. The molecule has 2 aromatic heterocycles. The average Bonchev–Trinajstić information content (AvgIpc) is 3.47. The lowest BCUT2D eigenvalue weighted by Gasteiger charge is -2.18. The highest BCUT2D eigenvalue weighted by Gasteiger charge is 2.35. The topological polar surface area (TPSA) is 175 Å². The zero-order chi connectivity index (χ0) is 32.0. The molecule has 4 N–H and O–H groups in total. The van der Waals surface area contributed by atoms with Crippen LogP contribution in [0, 0.1) is 0 Å². The number of hydrogen-bond acceptors (Lipinski definition) is 10. The highest BCUT2D eigenvalue weighted by Crippen LogP contribution is 2.35. The summed E-state index contributed by atoms with van der Waals surface area (Å²) in [5, 5.41) is 8.23. The average molecular weight is 636 g/mol. The Labute approximate surface area is 252 Å². The number of nitrogens with one attached hydrogen (secondary N) is 3. The summed E-state index contributed by atoms with van der Waals surface area (Å²) < 4.78 is 68.5. The zero-order valence-corrected chi connectivity index (χ0v) is 24.3. The smallest absolute Gasteiger partial charge is 0.421 e. The molecule has 3 aromatic rings. The van der Waals surface area contributed by atoms with E-state index in [4.69, 9.17) is 4.74 Å². The van der Waals surface area contributed by atoms with E-state index >= 15 is 0 Å². The number of halogens is 3. The molecule has 1 fully saturated rings. The molecule has 0 spiro atoms. The molecular weight excluding hydrogens is 607 g/mol. The Morgan fingerprint density at radius 3 is 2.70 bits per heavy atom. The monoisotopic (exact) mass is 635 g/mol. The third kappa shape index (κ3) is 7.56. The van der Waals surface area contributed by atoms with Crippen LogP contribution in [0.15, 0.2) is 49.4 Å². The number of benzene rings is 1. The molecule has 1 aliphatic heterocycles. The van der Waals surface area contributed by atoms with Gasteiger partial charge in [-0.1, -0.05) is 6.58 Å². The van der Waals surface area contributed by atoms with Crippen LogP contribution in [0.4, 0.5) is 36.4 Å². The number of alkyl halides is 3. The predicted molar refractivity (Wildman–Crippen MR) is 154 cm³/mol. The third-order valence-corrected chi connectivity index (χ3v) is 7.16. The summed E-state index contributed by atoms with van der Waals surface area (Å²) in [6.45, 7) is 3.99. The quantitative estimate of drug-likeness (QED) is 0.180. The number of likely N-dealkylation sites (tertiary alicyclic amines) is 1. The number of carbonyl (C=O) groups is 2. The molecule has 1 aliphatic rings. The van der Waals surface area contributed by atoms with E-state index < -0.39 is 34.7 Å². The van der Waals surface area contributed by atoms with E-state index in [1.54, 1.807) is 4.90 Å². The lowest BCUT2D eigenvalue weighted by molar-refractivity contribution is -0.137. The van der Waals surface area contributed by atoms with Crippen LogP contribution in [0.1, 0.15) is 28.0 Å². The van der Waals surface area contributed by atoms with Gasteiger partial charge in [0.05, 0.1) is 19.3 Å². The van der Waals surface area contributed by atoms with Crippen molar-refractivity contribution in [1.29, 1.82) is 0 Å². The maximum absolute atomic E-state index is 13.8. The van der Waals surface area contributed by atoms with Gasteiger partial charge >= 0.3 is 6.18 Å². The number of nitrogens with zero attached hydrogens (tertiary/aromatic N) is 6. The molecule has 4 rings (SSSR count). The van der Waals surface area contributed by atoms with Crippen molar-refractivity contribution in [1.82, 2.24) is 30.2 Å². The highest BCUT2D eigenvalue weighted by molar-refractivity contribution is 7.80. The molecule has 18 heteroatoms. The minimum atomic E-state index is -4.81. The normalized spacial score (nSPS) is 15.3. The van der Waals surface area contributed by atoms with Crippen molar-refractivity contribution >= 4 is 46.4 Å². The Morgan fingerprint density at radius 1 is 1.27 bits per heavy atom. The third-order valence-electron chi connectivity index (χ3n) is 6.52. The minimum absolute atomic E-state index is 0.0221. The fourth-order valence-corrected chi connectivity index (χ4v) is 4.61. The molecule has 0 radical (unpaired) electrons. The van der Waals surface area contributed by atoms with Crippen LogP contribution in [0.2, 0.25) is 0 Å². The molecule has 0 saturated carbocycles. The fraction of sp³-hybridized carbons (Fsp3) is 0.308. The highest BCUT2D eigenvalue weighted by atomic mass is 32.2. The predicted octanol–water partition coefficient (Wildman–Crippen LogP) is 2.74. The first-order valence-corrected chi connectivity index (χ1v) is 14.0. The van der Waals surface area contributed by atoms with E-state index in [-0.39, 0.29) is 53.0 Å². The van der Waals surface area contributed by atoms with Crippen LogP contribution in [0.5, 0.6) is 5.75 Å². The molecule has 2 unspecified atom stereocenters. The first-order valence-electron chi connectivity index (χ1n) is 12.9.